The van der Waals surface area contributed by atoms with E-state index < -0.39 is 180 Å². The maximum atomic E-state index is 14.0. The van der Waals surface area contributed by atoms with E-state index in [4.69, 9.17) is 37.9 Å². The molecule has 6 fully saturated rings. The number of aliphatic hydroxyl groups excluding tert-OH is 7. The Balaban J connectivity index is 1.29. The Morgan fingerprint density at radius 3 is 1.90 bits per heavy atom. The fourth-order valence-corrected chi connectivity index (χ4v) is 15.3. The molecule has 2 aliphatic heterocycles. The van der Waals surface area contributed by atoms with Gasteiger partial charge < -0.3 is 78.7 Å². The molecule has 0 aromatic carbocycles. The summed E-state index contributed by atoms with van der Waals surface area (Å²) >= 11 is 0. The van der Waals surface area contributed by atoms with Crippen LogP contribution in [0.1, 0.15) is 121 Å². The van der Waals surface area contributed by atoms with Crippen LogP contribution >= 0.6 is 0 Å². The second-order valence-corrected chi connectivity index (χ2v) is 23.9. The first-order valence-electron chi connectivity index (χ1n) is 25.8. The zero-order valence-electron chi connectivity index (χ0n) is 43.9. The van der Waals surface area contributed by atoms with Gasteiger partial charge >= 0.3 is 29.8 Å². The summed E-state index contributed by atoms with van der Waals surface area (Å²) in [6.45, 7) is 17.6. The van der Waals surface area contributed by atoms with Gasteiger partial charge in [-0.1, -0.05) is 67.0 Å². The summed E-state index contributed by atoms with van der Waals surface area (Å²) < 4.78 is 48.7. The second-order valence-electron chi connectivity index (χ2n) is 23.9. The zero-order chi connectivity index (χ0) is 54.3. The fraction of sp³-hybridized carbons (Fsp3) is 0.865. The average molecular weight is 1040 g/mol. The molecule has 0 aromatic rings. The topological polar surface area (TPSA) is 321 Å². The number of hydrogen-bond acceptors (Lipinski definition) is 20. The SMILES string of the molecule is CC[C@@H](C)C(=O)O[C@H]1[C@H](OC(C)=O)C(C)(C)C[C@H]2C3=CC[C@@H]4[C@@]5(C)CC[C@H](O[C@@H]6O[C@H](C(=O)O)[C@@H](O)[C@H](O[C@@H]7OC[C@H](O)[C@H](O)[C@H]7O)[C@H]6O)[C@@](C)(CO)[C@@H]5CC[C@@]4(C)[C@]3(C)[C@@H](OC(C)=O)[C@@H](OC(C)=O)[C@]21CO. The van der Waals surface area contributed by atoms with Crippen molar-refractivity contribution in [1.82, 2.24) is 0 Å². The number of carboxylic acid groups (broad SMARTS) is 1. The molecular weight excluding hydrogens is 961 g/mol. The van der Waals surface area contributed by atoms with Gasteiger partial charge in [0.1, 0.15) is 48.8 Å². The molecular formula is C52H80O21. The highest BCUT2D eigenvalue weighted by Gasteiger charge is 2.78. The maximum Gasteiger partial charge on any atom is 0.335 e. The standard InChI is InChI=1S/C52H80O21/c1-12-23(2)44(65)73-41-39(67-24(3)55)47(6,7)19-28-27-13-14-31-48(8)17-16-32(70-46-36(62)37(35(61)38(72-46)43(63)64)71-45-34(60)33(59)29(58)20-66-45)49(9,21-53)30(48)15-18-50(31,10)51(27,11)40(68-25(4)56)42(69-26(5)57)52(28,41)22-54/h13,23,28-42,45-46,53-54,58-62H,12,14-22H2,1-11H3,(H,63,64)/t23-,28+,29+,30-,31-,32+,33+,34-,35+,36-,37+,38+,39+,40+,41+,42-,45+,46-,48+,49+,50-,51+,52-/m1/s1. The highest BCUT2D eigenvalue weighted by Crippen LogP contribution is 2.77. The van der Waals surface area contributed by atoms with Crippen molar-refractivity contribution in [3.8, 4) is 0 Å². The molecule has 0 bridgehead atoms. The predicted molar refractivity (Wildman–Crippen MR) is 251 cm³/mol. The summed E-state index contributed by atoms with van der Waals surface area (Å²) in [6, 6.07) is 0. The highest BCUT2D eigenvalue weighted by atomic mass is 16.7. The van der Waals surface area contributed by atoms with Gasteiger partial charge in [0.15, 0.2) is 30.9 Å². The van der Waals surface area contributed by atoms with Crippen LogP contribution in [0.2, 0.25) is 0 Å². The molecule has 5 aliphatic carbocycles. The van der Waals surface area contributed by atoms with E-state index in [1.165, 1.54) is 20.8 Å². The van der Waals surface area contributed by atoms with Crippen LogP contribution in [-0.2, 0) is 61.9 Å². The van der Waals surface area contributed by atoms with Crippen molar-refractivity contribution in [3.05, 3.63) is 11.6 Å². The number of carbonyl (C=O) groups is 5. The Kier molecular flexibility index (Phi) is 16.1. The molecule has 0 unspecified atom stereocenters. The third-order valence-electron chi connectivity index (χ3n) is 19.4. The molecule has 21 heteroatoms. The summed E-state index contributed by atoms with van der Waals surface area (Å²) in [5, 5.41) is 87.4. The summed E-state index contributed by atoms with van der Waals surface area (Å²) in [4.78, 5) is 66.5. The van der Waals surface area contributed by atoms with Crippen LogP contribution < -0.4 is 0 Å². The molecule has 2 heterocycles. The van der Waals surface area contributed by atoms with E-state index in [0.29, 0.717) is 32.1 Å². The number of hydrogen-bond donors (Lipinski definition) is 8. The number of fused-ring (bicyclic) bond motifs is 7. The van der Waals surface area contributed by atoms with Gasteiger partial charge in [-0.15, -0.1) is 0 Å². The number of ether oxygens (including phenoxy) is 8. The van der Waals surface area contributed by atoms with Crippen LogP contribution in [0.5, 0.6) is 0 Å². The van der Waals surface area contributed by atoms with Gasteiger partial charge in [0.2, 0.25) is 0 Å². The second kappa shape index (κ2) is 20.5. The first kappa shape index (κ1) is 57.4. The van der Waals surface area contributed by atoms with Gasteiger partial charge in [0, 0.05) is 37.0 Å². The number of carbonyl (C=O) groups excluding carboxylic acids is 4. The van der Waals surface area contributed by atoms with Crippen molar-refractivity contribution >= 4 is 29.8 Å². The molecule has 7 aliphatic rings. The number of allylic oxidation sites excluding steroid dienone is 1. The Labute approximate surface area is 426 Å². The lowest BCUT2D eigenvalue weighted by Crippen LogP contribution is -2.77. The van der Waals surface area contributed by atoms with E-state index in [2.05, 4.69) is 19.9 Å². The Bertz CT molecular complexity index is 2130. The van der Waals surface area contributed by atoms with Crippen LogP contribution in [-0.4, -0.2) is 176 Å². The summed E-state index contributed by atoms with van der Waals surface area (Å²) in [5.41, 5.74) is -5.37. The molecule has 0 amide bonds. The predicted octanol–water partition coefficient (Wildman–Crippen LogP) is 1.69. The Morgan fingerprint density at radius 1 is 0.726 bits per heavy atom. The largest absolute Gasteiger partial charge is 0.479 e. The Morgan fingerprint density at radius 2 is 1.33 bits per heavy atom. The fourth-order valence-electron chi connectivity index (χ4n) is 15.3. The van der Waals surface area contributed by atoms with E-state index >= 15 is 0 Å². The lowest BCUT2D eigenvalue weighted by atomic mass is 9.32. The van der Waals surface area contributed by atoms with Gasteiger partial charge in [0.05, 0.1) is 37.3 Å². The molecule has 2 saturated heterocycles. The van der Waals surface area contributed by atoms with Crippen molar-refractivity contribution in [3.63, 3.8) is 0 Å². The third-order valence-corrected chi connectivity index (χ3v) is 19.4. The molecule has 0 aromatic heterocycles. The smallest absolute Gasteiger partial charge is 0.335 e. The van der Waals surface area contributed by atoms with Crippen molar-refractivity contribution in [2.45, 2.75) is 207 Å². The molecule has 4 saturated carbocycles. The molecule has 414 valence electrons. The van der Waals surface area contributed by atoms with Crippen LogP contribution in [0, 0.1) is 56.2 Å². The normalized spacial score (nSPS) is 47.4. The lowest BCUT2D eigenvalue weighted by Gasteiger charge is -2.73. The first-order chi connectivity index (χ1) is 34.0. The Hall–Kier alpha value is -3.35. The van der Waals surface area contributed by atoms with Crippen molar-refractivity contribution in [1.29, 1.82) is 0 Å². The number of esters is 4. The minimum absolute atomic E-state index is 0.224. The lowest BCUT2D eigenvalue weighted by molar-refractivity contribution is -0.358. The molecule has 0 radical (unpaired) electrons. The molecule has 7 rings (SSSR count). The van der Waals surface area contributed by atoms with Crippen molar-refractivity contribution < 1.29 is 103 Å². The van der Waals surface area contributed by atoms with E-state index in [0.717, 1.165) is 5.57 Å². The summed E-state index contributed by atoms with van der Waals surface area (Å²) in [7, 11) is 0. The van der Waals surface area contributed by atoms with Crippen LogP contribution in [0.4, 0.5) is 0 Å². The van der Waals surface area contributed by atoms with Crippen LogP contribution in [0.15, 0.2) is 11.6 Å². The minimum Gasteiger partial charge on any atom is -0.479 e. The summed E-state index contributed by atoms with van der Waals surface area (Å²) in [6.07, 6.45) is -17.3. The van der Waals surface area contributed by atoms with E-state index in [-0.39, 0.29) is 24.7 Å². The number of aliphatic carboxylic acids is 1. The maximum absolute atomic E-state index is 14.0. The number of carboxylic acids is 1. The van der Waals surface area contributed by atoms with Crippen molar-refractivity contribution in [2.75, 3.05) is 19.8 Å². The number of aliphatic hydroxyl groups is 7. The molecule has 8 N–H and O–H groups in total. The molecule has 23 atom stereocenters. The van der Waals surface area contributed by atoms with E-state index in [1.807, 2.05) is 34.6 Å². The zero-order valence-corrected chi connectivity index (χ0v) is 43.9. The van der Waals surface area contributed by atoms with Crippen LogP contribution in [0.25, 0.3) is 0 Å². The van der Waals surface area contributed by atoms with Gasteiger partial charge in [-0.05, 0) is 73.5 Å². The average Bonchev–Trinajstić information content (AvgIpc) is 3.31. The third kappa shape index (κ3) is 9.14. The molecule has 73 heavy (non-hydrogen) atoms. The van der Waals surface area contributed by atoms with Gasteiger partial charge in [0.25, 0.3) is 0 Å². The van der Waals surface area contributed by atoms with E-state index in [1.54, 1.807) is 6.92 Å². The van der Waals surface area contributed by atoms with Gasteiger partial charge in [-0.2, -0.15) is 0 Å². The summed E-state index contributed by atoms with van der Waals surface area (Å²) in [5.74, 6) is -6.13. The highest BCUT2D eigenvalue weighted by molar-refractivity contribution is 5.74. The van der Waals surface area contributed by atoms with Gasteiger partial charge in [-0.3, -0.25) is 19.2 Å². The van der Waals surface area contributed by atoms with Crippen molar-refractivity contribution in [2.24, 2.45) is 56.2 Å². The van der Waals surface area contributed by atoms with Crippen LogP contribution in [0.3, 0.4) is 0 Å². The number of rotatable bonds is 13. The molecule has 21 nitrogen and oxygen atoms in total. The van der Waals surface area contributed by atoms with Gasteiger partial charge in [-0.25, -0.2) is 4.79 Å². The monoisotopic (exact) mass is 1040 g/mol. The van der Waals surface area contributed by atoms with E-state index in [9.17, 15) is 64.8 Å². The first-order valence-corrected chi connectivity index (χ1v) is 25.8. The minimum atomic E-state index is -2.01. The quantitative estimate of drug-likeness (QED) is 0.0563. The molecule has 0 spiro atoms.